The Morgan fingerprint density at radius 3 is 2.37 bits per heavy atom. The first-order chi connectivity index (χ1) is 17.0. The van der Waals surface area contributed by atoms with Crippen LogP contribution in [0.2, 0.25) is 0 Å². The van der Waals surface area contributed by atoms with Gasteiger partial charge in [0.25, 0.3) is 5.56 Å². The molecule has 0 saturated carbocycles. The van der Waals surface area contributed by atoms with Gasteiger partial charge in [-0.15, -0.1) is 11.3 Å². The summed E-state index contributed by atoms with van der Waals surface area (Å²) in [5, 5.41) is 3.51. The molecule has 0 bridgehead atoms. The molecule has 5 rings (SSSR count). The van der Waals surface area contributed by atoms with Gasteiger partial charge < -0.3 is 10.2 Å². The van der Waals surface area contributed by atoms with Gasteiger partial charge in [0, 0.05) is 35.1 Å². The monoisotopic (exact) mass is 486 g/mol. The van der Waals surface area contributed by atoms with Gasteiger partial charge in [0.2, 0.25) is 11.8 Å². The van der Waals surface area contributed by atoms with Crippen LogP contribution in [-0.2, 0) is 16.1 Å². The van der Waals surface area contributed by atoms with E-state index in [1.54, 1.807) is 4.90 Å². The number of aromatic nitrogens is 2. The third-order valence-corrected chi connectivity index (χ3v) is 7.50. The Kier molecular flexibility index (Phi) is 6.46. The number of piperidine rings is 1. The number of likely N-dealkylation sites (tertiary alicyclic amines) is 1. The Labute approximate surface area is 207 Å². The Morgan fingerprint density at radius 1 is 1.03 bits per heavy atom. The molecule has 1 aliphatic heterocycles. The Bertz CT molecular complexity index is 1420. The highest BCUT2D eigenvalue weighted by Crippen LogP contribution is 2.35. The first-order valence-electron chi connectivity index (χ1n) is 11.7. The molecule has 1 saturated heterocycles. The van der Waals surface area contributed by atoms with Gasteiger partial charge in [-0.05, 0) is 37.5 Å². The van der Waals surface area contributed by atoms with Crippen LogP contribution >= 0.6 is 11.3 Å². The summed E-state index contributed by atoms with van der Waals surface area (Å²) in [6.07, 6.45) is 2.66. The van der Waals surface area contributed by atoms with Crippen LogP contribution in [0.3, 0.4) is 0 Å². The maximum atomic E-state index is 13.4. The van der Waals surface area contributed by atoms with E-state index < -0.39 is 0 Å². The lowest BCUT2D eigenvalue weighted by Crippen LogP contribution is -2.43. The molecule has 0 unspecified atom stereocenters. The predicted octanol–water partition coefficient (Wildman–Crippen LogP) is 4.31. The van der Waals surface area contributed by atoms with E-state index in [-0.39, 0.29) is 29.8 Å². The number of carbonyl (C=O) groups is 2. The van der Waals surface area contributed by atoms with Crippen molar-refractivity contribution in [2.24, 2.45) is 5.92 Å². The van der Waals surface area contributed by atoms with Gasteiger partial charge in [0.15, 0.2) is 0 Å². The molecule has 0 radical (unpaired) electrons. The maximum Gasteiger partial charge on any atom is 0.263 e. The van der Waals surface area contributed by atoms with Crippen molar-refractivity contribution in [2.75, 3.05) is 18.4 Å². The van der Waals surface area contributed by atoms with Crippen LogP contribution in [0.15, 0.2) is 71.8 Å². The molecule has 3 heterocycles. The zero-order chi connectivity index (χ0) is 24.4. The lowest BCUT2D eigenvalue weighted by molar-refractivity contribution is -0.135. The average Bonchev–Trinajstić information content (AvgIpc) is 3.23. The van der Waals surface area contributed by atoms with E-state index in [4.69, 9.17) is 0 Å². The molecule has 1 aliphatic rings. The fraction of sp³-hybridized carbons (Fsp3) is 0.259. The number of benzene rings is 2. The quantitative estimate of drug-likeness (QED) is 0.456. The minimum absolute atomic E-state index is 0.0181. The molecule has 2 aromatic heterocycles. The second-order valence-corrected chi connectivity index (χ2v) is 9.97. The number of hydrogen-bond acceptors (Lipinski definition) is 5. The van der Waals surface area contributed by atoms with E-state index in [0.717, 1.165) is 21.7 Å². The Morgan fingerprint density at radius 2 is 1.69 bits per heavy atom. The van der Waals surface area contributed by atoms with Crippen molar-refractivity contribution in [1.29, 1.82) is 0 Å². The van der Waals surface area contributed by atoms with Crippen LogP contribution in [0.5, 0.6) is 0 Å². The fourth-order valence-corrected chi connectivity index (χ4v) is 5.61. The summed E-state index contributed by atoms with van der Waals surface area (Å²) in [6.45, 7) is 2.90. The number of amides is 2. The minimum Gasteiger partial charge on any atom is -0.341 e. The highest BCUT2D eigenvalue weighted by molar-refractivity contribution is 7.19. The number of hydrogen-bond donors (Lipinski definition) is 1. The smallest absolute Gasteiger partial charge is 0.263 e. The van der Waals surface area contributed by atoms with Crippen LogP contribution in [0, 0.1) is 12.8 Å². The molecule has 0 spiro atoms. The summed E-state index contributed by atoms with van der Waals surface area (Å²) in [6, 6.07) is 19.2. The van der Waals surface area contributed by atoms with Crippen LogP contribution in [0.25, 0.3) is 21.3 Å². The molecule has 2 amide bonds. The first kappa shape index (κ1) is 23.0. The van der Waals surface area contributed by atoms with E-state index in [2.05, 4.69) is 10.3 Å². The topological polar surface area (TPSA) is 84.3 Å². The number of nitrogens with zero attached hydrogens (tertiary/aromatic N) is 3. The SMILES string of the molecule is Cc1sc2ncn(CC(=O)N3CCC(C(=O)Nc4ccccc4)CC3)c(=O)c2c1-c1ccccc1. The van der Waals surface area contributed by atoms with E-state index in [9.17, 15) is 14.4 Å². The third-order valence-electron chi connectivity index (χ3n) is 6.48. The molecule has 0 aliphatic carbocycles. The zero-order valence-corrected chi connectivity index (χ0v) is 20.3. The first-order valence-corrected chi connectivity index (χ1v) is 12.5. The predicted molar refractivity (Wildman–Crippen MR) is 138 cm³/mol. The second kappa shape index (κ2) is 9.84. The van der Waals surface area contributed by atoms with Crippen LogP contribution in [-0.4, -0.2) is 39.4 Å². The molecule has 2 aromatic carbocycles. The largest absolute Gasteiger partial charge is 0.341 e. The van der Waals surface area contributed by atoms with Gasteiger partial charge in [-0.25, -0.2) is 4.98 Å². The minimum atomic E-state index is -0.205. The number of aryl methyl sites for hydroxylation is 1. The third kappa shape index (κ3) is 4.74. The molecule has 4 aromatic rings. The summed E-state index contributed by atoms with van der Waals surface area (Å²) in [5.74, 6) is -0.291. The van der Waals surface area contributed by atoms with E-state index in [1.807, 2.05) is 67.6 Å². The lowest BCUT2D eigenvalue weighted by Gasteiger charge is -2.31. The van der Waals surface area contributed by atoms with Crippen LogP contribution in [0.1, 0.15) is 17.7 Å². The molecule has 0 atom stereocenters. The molecule has 1 N–H and O–H groups in total. The molecule has 1 fully saturated rings. The molecular weight excluding hydrogens is 460 g/mol. The van der Waals surface area contributed by atoms with Crippen molar-refractivity contribution in [1.82, 2.24) is 14.5 Å². The molecular formula is C27H26N4O3S. The zero-order valence-electron chi connectivity index (χ0n) is 19.4. The number of thiophene rings is 1. The van der Waals surface area contributed by atoms with Crippen molar-refractivity contribution in [3.8, 4) is 11.1 Å². The van der Waals surface area contributed by atoms with Gasteiger partial charge in [-0.3, -0.25) is 19.0 Å². The molecule has 178 valence electrons. The van der Waals surface area contributed by atoms with Gasteiger partial charge >= 0.3 is 0 Å². The van der Waals surface area contributed by atoms with Gasteiger partial charge in [-0.1, -0.05) is 48.5 Å². The van der Waals surface area contributed by atoms with E-state index >= 15 is 0 Å². The lowest BCUT2D eigenvalue weighted by atomic mass is 9.95. The van der Waals surface area contributed by atoms with Crippen molar-refractivity contribution >= 4 is 39.1 Å². The summed E-state index contributed by atoms with van der Waals surface area (Å²) >= 11 is 1.49. The number of rotatable bonds is 5. The summed E-state index contributed by atoms with van der Waals surface area (Å²) < 4.78 is 1.40. The normalized spacial score (nSPS) is 14.3. The highest BCUT2D eigenvalue weighted by Gasteiger charge is 2.28. The standard InChI is InChI=1S/C27H26N4O3S/c1-18-23(19-8-4-2-5-9-19)24-26(35-18)28-17-31(27(24)34)16-22(32)30-14-12-20(13-15-30)25(33)29-21-10-6-3-7-11-21/h2-11,17,20H,12-16H2,1H3,(H,29,33). The summed E-state index contributed by atoms with van der Waals surface area (Å²) in [5.41, 5.74) is 2.42. The highest BCUT2D eigenvalue weighted by atomic mass is 32.1. The maximum absolute atomic E-state index is 13.4. The summed E-state index contributed by atoms with van der Waals surface area (Å²) in [7, 11) is 0. The average molecular weight is 487 g/mol. The summed E-state index contributed by atoms with van der Waals surface area (Å²) in [4.78, 5) is 46.9. The number of fused-ring (bicyclic) bond motifs is 1. The Hall–Kier alpha value is -3.78. The van der Waals surface area contributed by atoms with Crippen LogP contribution in [0.4, 0.5) is 5.69 Å². The van der Waals surface area contributed by atoms with Crippen molar-refractivity contribution < 1.29 is 9.59 Å². The van der Waals surface area contributed by atoms with Crippen LogP contribution < -0.4 is 10.9 Å². The molecule has 35 heavy (non-hydrogen) atoms. The fourth-order valence-electron chi connectivity index (χ4n) is 4.61. The number of para-hydroxylation sites is 1. The number of nitrogens with one attached hydrogen (secondary N) is 1. The van der Waals surface area contributed by atoms with Crippen molar-refractivity contribution in [2.45, 2.75) is 26.3 Å². The molecule has 8 heteroatoms. The van der Waals surface area contributed by atoms with Crippen molar-refractivity contribution in [3.63, 3.8) is 0 Å². The van der Waals surface area contributed by atoms with Crippen molar-refractivity contribution in [3.05, 3.63) is 82.2 Å². The van der Waals surface area contributed by atoms with Gasteiger partial charge in [0.05, 0.1) is 11.7 Å². The number of anilines is 1. The molecule has 7 nitrogen and oxygen atoms in total. The van der Waals surface area contributed by atoms with E-state index in [1.165, 1.54) is 22.2 Å². The van der Waals surface area contributed by atoms with E-state index in [0.29, 0.717) is 36.1 Å². The second-order valence-electron chi connectivity index (χ2n) is 8.77. The number of carbonyl (C=O) groups excluding carboxylic acids is 2. The Balaban J connectivity index is 1.28. The van der Waals surface area contributed by atoms with Gasteiger partial charge in [0.1, 0.15) is 11.4 Å². The van der Waals surface area contributed by atoms with Gasteiger partial charge in [-0.2, -0.15) is 0 Å².